The molecule has 1 aliphatic rings. The monoisotopic (exact) mass is 368 g/mol. The highest BCUT2D eigenvalue weighted by molar-refractivity contribution is 6.04. The Morgan fingerprint density at radius 3 is 2.63 bits per heavy atom. The molecule has 0 radical (unpaired) electrons. The van der Waals surface area contributed by atoms with Crippen molar-refractivity contribution in [3.63, 3.8) is 0 Å². The molecule has 0 aromatic heterocycles. The Morgan fingerprint density at radius 2 is 1.89 bits per heavy atom. The van der Waals surface area contributed by atoms with Gasteiger partial charge in [-0.1, -0.05) is 18.2 Å². The largest absolute Gasteiger partial charge is 0.495 e. The van der Waals surface area contributed by atoms with E-state index in [4.69, 9.17) is 9.47 Å². The molecule has 140 valence electrons. The van der Waals surface area contributed by atoms with Crippen LogP contribution in [0, 0.1) is 5.92 Å². The zero-order valence-electron chi connectivity index (χ0n) is 15.1. The number of esters is 1. The quantitative estimate of drug-likeness (QED) is 0.820. The van der Waals surface area contributed by atoms with Crippen molar-refractivity contribution in [1.29, 1.82) is 0 Å². The Bertz CT molecular complexity index is 880. The van der Waals surface area contributed by atoms with Gasteiger partial charge in [-0.05, 0) is 30.3 Å². The van der Waals surface area contributed by atoms with Gasteiger partial charge in [0.25, 0.3) is 0 Å². The molecule has 1 unspecified atom stereocenters. The summed E-state index contributed by atoms with van der Waals surface area (Å²) in [6, 6.07) is 13.7. The van der Waals surface area contributed by atoms with Gasteiger partial charge in [0.1, 0.15) is 5.75 Å². The normalized spacial score (nSPS) is 16.1. The summed E-state index contributed by atoms with van der Waals surface area (Å²) in [6.45, 7) is 0.241. The number of hydrogen-bond donors (Lipinski definition) is 1. The molecule has 2 aromatic rings. The first-order valence-electron chi connectivity index (χ1n) is 8.46. The second-order valence-electron chi connectivity index (χ2n) is 6.14. The fraction of sp³-hybridized carbons (Fsp3) is 0.250. The molecule has 0 aliphatic carbocycles. The third kappa shape index (κ3) is 3.92. The predicted octanol–water partition coefficient (Wildman–Crippen LogP) is 2.47. The number of rotatable bonds is 5. The Labute approximate surface area is 156 Å². The second-order valence-corrected chi connectivity index (χ2v) is 6.14. The second kappa shape index (κ2) is 7.90. The lowest BCUT2D eigenvalue weighted by Crippen LogP contribution is -2.28. The summed E-state index contributed by atoms with van der Waals surface area (Å²) in [7, 11) is 2.83. The number of methoxy groups -OCH3 is 2. The van der Waals surface area contributed by atoms with Gasteiger partial charge >= 0.3 is 5.97 Å². The highest BCUT2D eigenvalue weighted by Gasteiger charge is 2.35. The zero-order chi connectivity index (χ0) is 19.4. The molecule has 1 aliphatic heterocycles. The van der Waals surface area contributed by atoms with Gasteiger partial charge in [-0.2, -0.15) is 0 Å². The molecule has 1 fully saturated rings. The van der Waals surface area contributed by atoms with E-state index in [1.54, 1.807) is 42.5 Å². The van der Waals surface area contributed by atoms with Crippen LogP contribution in [0.3, 0.4) is 0 Å². The molecule has 27 heavy (non-hydrogen) atoms. The van der Waals surface area contributed by atoms with E-state index in [0.29, 0.717) is 22.7 Å². The van der Waals surface area contributed by atoms with E-state index >= 15 is 0 Å². The zero-order valence-corrected chi connectivity index (χ0v) is 15.1. The average Bonchev–Trinajstić information content (AvgIpc) is 3.09. The van der Waals surface area contributed by atoms with Crippen LogP contribution < -0.4 is 15.0 Å². The number of carbonyl (C=O) groups is 3. The van der Waals surface area contributed by atoms with Crippen LogP contribution in [0.4, 0.5) is 11.4 Å². The van der Waals surface area contributed by atoms with Crippen LogP contribution in [0.1, 0.15) is 16.8 Å². The van der Waals surface area contributed by atoms with Crippen LogP contribution in [0.25, 0.3) is 0 Å². The van der Waals surface area contributed by atoms with Crippen LogP contribution in [-0.2, 0) is 14.3 Å². The van der Waals surface area contributed by atoms with E-state index in [0.717, 1.165) is 0 Å². The van der Waals surface area contributed by atoms with Gasteiger partial charge in [-0.3, -0.25) is 9.59 Å². The number of nitrogens with one attached hydrogen (secondary N) is 1. The van der Waals surface area contributed by atoms with Crippen LogP contribution >= 0.6 is 0 Å². The summed E-state index contributed by atoms with van der Waals surface area (Å²) in [5, 5.41) is 2.82. The molecular formula is C20H20N2O5. The first-order valence-corrected chi connectivity index (χ1v) is 8.46. The van der Waals surface area contributed by atoms with E-state index in [2.05, 4.69) is 5.32 Å². The van der Waals surface area contributed by atoms with Crippen LogP contribution in [0.15, 0.2) is 48.5 Å². The number of para-hydroxylation sites is 2. The average molecular weight is 368 g/mol. The molecule has 1 atom stereocenters. The maximum Gasteiger partial charge on any atom is 0.337 e. The van der Waals surface area contributed by atoms with Crippen LogP contribution in [0.2, 0.25) is 0 Å². The van der Waals surface area contributed by atoms with E-state index < -0.39 is 11.9 Å². The van der Waals surface area contributed by atoms with Gasteiger partial charge in [0.15, 0.2) is 0 Å². The number of nitrogens with zero attached hydrogens (tertiary/aromatic N) is 1. The summed E-state index contributed by atoms with van der Waals surface area (Å²) in [5.41, 5.74) is 1.48. The van der Waals surface area contributed by atoms with Crippen molar-refractivity contribution in [1.82, 2.24) is 0 Å². The summed E-state index contributed by atoms with van der Waals surface area (Å²) in [4.78, 5) is 38.2. The molecule has 0 spiro atoms. The molecule has 7 nitrogen and oxygen atoms in total. The lowest BCUT2D eigenvalue weighted by molar-refractivity contribution is -0.122. The van der Waals surface area contributed by atoms with E-state index in [1.807, 2.05) is 6.07 Å². The highest BCUT2D eigenvalue weighted by Crippen LogP contribution is 2.29. The van der Waals surface area contributed by atoms with Crippen molar-refractivity contribution >= 4 is 29.2 Å². The summed E-state index contributed by atoms with van der Waals surface area (Å²) >= 11 is 0. The maximum absolute atomic E-state index is 12.6. The maximum atomic E-state index is 12.6. The molecule has 7 heteroatoms. The molecule has 1 heterocycles. The lowest BCUT2D eigenvalue weighted by Gasteiger charge is -2.17. The van der Waals surface area contributed by atoms with Gasteiger partial charge in [0, 0.05) is 18.7 Å². The molecular weight excluding hydrogens is 348 g/mol. The number of carbonyl (C=O) groups excluding carboxylic acids is 3. The van der Waals surface area contributed by atoms with Crippen molar-refractivity contribution < 1.29 is 23.9 Å². The van der Waals surface area contributed by atoms with Crippen molar-refractivity contribution in [2.24, 2.45) is 5.92 Å². The van der Waals surface area contributed by atoms with Crippen molar-refractivity contribution in [3.8, 4) is 5.75 Å². The smallest absolute Gasteiger partial charge is 0.337 e. The summed E-state index contributed by atoms with van der Waals surface area (Å²) in [5.74, 6) is -0.840. The standard InChI is InChI=1S/C20H20N2O5/c1-26-17-9-4-3-8-16(17)21-19(24)14-11-18(23)22(12-14)15-7-5-6-13(10-15)20(25)27-2/h3-10,14H,11-12H2,1-2H3,(H,21,24). The Balaban J connectivity index is 1.73. The van der Waals surface area contributed by atoms with Crippen molar-refractivity contribution in [2.45, 2.75) is 6.42 Å². The predicted molar refractivity (Wildman–Crippen MR) is 99.9 cm³/mol. The third-order valence-corrected chi connectivity index (χ3v) is 4.44. The number of benzene rings is 2. The first-order chi connectivity index (χ1) is 13.0. The minimum absolute atomic E-state index is 0.101. The Kier molecular flexibility index (Phi) is 5.40. The minimum atomic E-state index is -0.496. The minimum Gasteiger partial charge on any atom is -0.495 e. The van der Waals surface area contributed by atoms with E-state index in [1.165, 1.54) is 19.1 Å². The molecule has 3 rings (SSSR count). The third-order valence-electron chi connectivity index (χ3n) is 4.44. The highest BCUT2D eigenvalue weighted by atomic mass is 16.5. The van der Waals surface area contributed by atoms with Gasteiger partial charge in [0.2, 0.25) is 11.8 Å². The van der Waals surface area contributed by atoms with Crippen LogP contribution in [-0.4, -0.2) is 38.5 Å². The number of ether oxygens (including phenoxy) is 2. The Hall–Kier alpha value is -3.35. The van der Waals surface area contributed by atoms with Gasteiger partial charge in [0.05, 0.1) is 31.4 Å². The SMILES string of the molecule is COC(=O)c1cccc(N2CC(C(=O)Nc3ccccc3OC)CC2=O)c1. The molecule has 1 saturated heterocycles. The summed E-state index contributed by atoms with van der Waals surface area (Å²) < 4.78 is 9.94. The van der Waals surface area contributed by atoms with E-state index in [-0.39, 0.29) is 24.8 Å². The molecule has 2 aromatic carbocycles. The van der Waals surface area contributed by atoms with Crippen molar-refractivity contribution in [2.75, 3.05) is 31.0 Å². The number of hydrogen-bond acceptors (Lipinski definition) is 5. The number of anilines is 2. The Morgan fingerprint density at radius 1 is 1.11 bits per heavy atom. The van der Waals surface area contributed by atoms with E-state index in [9.17, 15) is 14.4 Å². The van der Waals surface area contributed by atoms with Crippen molar-refractivity contribution in [3.05, 3.63) is 54.1 Å². The lowest BCUT2D eigenvalue weighted by atomic mass is 10.1. The van der Waals surface area contributed by atoms with Gasteiger partial charge in [-0.25, -0.2) is 4.79 Å². The fourth-order valence-electron chi connectivity index (χ4n) is 3.03. The summed E-state index contributed by atoms with van der Waals surface area (Å²) in [6.07, 6.45) is 0.101. The van der Waals surface area contributed by atoms with Crippen LogP contribution in [0.5, 0.6) is 5.75 Å². The molecule has 1 N–H and O–H groups in total. The number of amides is 2. The molecule has 0 bridgehead atoms. The van der Waals surface area contributed by atoms with Gasteiger partial charge in [-0.15, -0.1) is 0 Å². The van der Waals surface area contributed by atoms with Gasteiger partial charge < -0.3 is 19.7 Å². The molecule has 0 saturated carbocycles. The molecule has 2 amide bonds. The first kappa shape index (κ1) is 18.4. The topological polar surface area (TPSA) is 84.9 Å². The fourth-order valence-corrected chi connectivity index (χ4v) is 3.03.